The van der Waals surface area contributed by atoms with Gasteiger partial charge in [-0.25, -0.2) is 0 Å². The number of nitrogens with one attached hydrogen (secondary N) is 1. The Balaban J connectivity index is 1.06. The number of aliphatic hydroxyl groups is 1. The van der Waals surface area contributed by atoms with Crippen LogP contribution in [0.1, 0.15) is 132 Å². The molecular weight excluding hydrogens is 606 g/mol. The standard InChI is InChI=1S/C43H69N3O3/c1-38(2)31(27-8-10-28(11-9-27)37(44)47)14-17-40(5)34(38)16-18-42(7)35(40)13-12-33-36-32(39(3,4)48)15-19-43(36,21-20-41(33,42)6)45-22-23-46-25-30-24-29(46)26-49-30/h8,14,28-30,32-36,45,48H,9-13,15-26H2,1-7H3,(H2,44,47). The van der Waals surface area contributed by atoms with Crippen LogP contribution in [0.5, 0.6) is 0 Å². The third-order valence-corrected chi connectivity index (χ3v) is 18.0. The van der Waals surface area contributed by atoms with E-state index in [1.165, 1.54) is 63.4 Å². The molecule has 6 nitrogen and oxygen atoms in total. The fraction of sp³-hybridized carbons (Fsp3) is 0.884. The van der Waals surface area contributed by atoms with Gasteiger partial charge in [0.25, 0.3) is 0 Å². The Morgan fingerprint density at radius 3 is 2.45 bits per heavy atom. The number of fused-ring (bicyclic) bond motifs is 9. The molecule has 0 aromatic carbocycles. The monoisotopic (exact) mass is 676 g/mol. The summed E-state index contributed by atoms with van der Waals surface area (Å²) >= 11 is 0. The number of nitrogens with zero attached hydrogens (tertiary/aromatic N) is 1. The number of likely N-dealkylation sites (tertiary alicyclic amines) is 1. The molecule has 2 bridgehead atoms. The van der Waals surface area contributed by atoms with Crippen molar-refractivity contribution in [3.05, 3.63) is 23.3 Å². The summed E-state index contributed by atoms with van der Waals surface area (Å²) in [4.78, 5) is 14.6. The maximum atomic E-state index is 11.9. The van der Waals surface area contributed by atoms with Gasteiger partial charge < -0.3 is 20.9 Å². The summed E-state index contributed by atoms with van der Waals surface area (Å²) in [7, 11) is 0. The largest absolute Gasteiger partial charge is 0.390 e. The first-order chi connectivity index (χ1) is 23.0. The third-order valence-electron chi connectivity index (χ3n) is 18.0. The lowest BCUT2D eigenvalue weighted by Crippen LogP contribution is -2.68. The lowest BCUT2D eigenvalue weighted by Gasteiger charge is -2.72. The molecule has 4 N–H and O–H groups in total. The highest BCUT2D eigenvalue weighted by atomic mass is 16.5. The molecule has 6 aliphatic carbocycles. The summed E-state index contributed by atoms with van der Waals surface area (Å²) in [5.74, 6) is 2.78. The van der Waals surface area contributed by atoms with Crippen molar-refractivity contribution in [3.63, 3.8) is 0 Å². The van der Waals surface area contributed by atoms with Crippen LogP contribution >= 0.6 is 0 Å². The highest BCUT2D eigenvalue weighted by Crippen LogP contribution is 2.76. The van der Waals surface area contributed by atoms with E-state index < -0.39 is 5.60 Å². The Morgan fingerprint density at radius 1 is 1.00 bits per heavy atom. The fourth-order valence-electron chi connectivity index (χ4n) is 15.4. The topological polar surface area (TPSA) is 87.8 Å². The van der Waals surface area contributed by atoms with Crippen LogP contribution in [-0.4, -0.2) is 65.4 Å². The number of hydrogen-bond acceptors (Lipinski definition) is 5. The molecule has 6 heteroatoms. The molecule has 274 valence electrons. The normalized spacial score (nSPS) is 49.0. The molecule has 2 saturated heterocycles. The van der Waals surface area contributed by atoms with Gasteiger partial charge in [-0.05, 0) is 160 Å². The van der Waals surface area contributed by atoms with Crippen molar-refractivity contribution in [2.75, 3.05) is 26.2 Å². The van der Waals surface area contributed by atoms with E-state index in [9.17, 15) is 9.90 Å². The Hall–Kier alpha value is -1.21. The van der Waals surface area contributed by atoms with Crippen molar-refractivity contribution >= 4 is 5.91 Å². The molecule has 6 fully saturated rings. The van der Waals surface area contributed by atoms with E-state index in [-0.39, 0.29) is 33.6 Å². The van der Waals surface area contributed by atoms with E-state index in [0.717, 1.165) is 51.9 Å². The second-order valence-electron chi connectivity index (χ2n) is 20.6. The predicted molar refractivity (Wildman–Crippen MR) is 197 cm³/mol. The molecule has 0 radical (unpaired) electrons. The molecule has 4 saturated carbocycles. The van der Waals surface area contributed by atoms with Crippen LogP contribution in [0, 0.1) is 57.2 Å². The molecule has 49 heavy (non-hydrogen) atoms. The lowest BCUT2D eigenvalue weighted by atomic mass is 9.32. The molecule has 0 aromatic rings. The van der Waals surface area contributed by atoms with Gasteiger partial charge in [0.1, 0.15) is 0 Å². The zero-order chi connectivity index (χ0) is 34.8. The maximum absolute atomic E-state index is 11.9. The fourth-order valence-corrected chi connectivity index (χ4v) is 15.4. The first-order valence-electron chi connectivity index (χ1n) is 20.6. The van der Waals surface area contributed by atoms with Crippen LogP contribution in [-0.2, 0) is 9.53 Å². The summed E-state index contributed by atoms with van der Waals surface area (Å²) in [6.45, 7) is 21.7. The van der Waals surface area contributed by atoms with Gasteiger partial charge in [0.2, 0.25) is 5.91 Å². The second kappa shape index (κ2) is 11.6. The average Bonchev–Trinajstić information content (AvgIpc) is 3.76. The molecule has 8 aliphatic rings. The predicted octanol–water partition coefficient (Wildman–Crippen LogP) is 7.40. The first-order valence-corrected chi connectivity index (χ1v) is 20.6. The van der Waals surface area contributed by atoms with Gasteiger partial charge in [0, 0.05) is 37.1 Å². The van der Waals surface area contributed by atoms with E-state index in [4.69, 9.17) is 10.5 Å². The molecule has 2 aliphatic heterocycles. The van der Waals surface area contributed by atoms with Crippen LogP contribution in [0.2, 0.25) is 0 Å². The highest BCUT2D eigenvalue weighted by Gasteiger charge is 2.71. The molecule has 0 spiro atoms. The van der Waals surface area contributed by atoms with Crippen LogP contribution in [0.25, 0.3) is 0 Å². The van der Waals surface area contributed by atoms with Crippen molar-refractivity contribution in [3.8, 4) is 0 Å². The van der Waals surface area contributed by atoms with Gasteiger partial charge in [-0.2, -0.15) is 0 Å². The van der Waals surface area contributed by atoms with Gasteiger partial charge in [-0.15, -0.1) is 0 Å². The number of nitrogens with two attached hydrogens (primary N) is 1. The van der Waals surface area contributed by atoms with Gasteiger partial charge in [-0.3, -0.25) is 9.69 Å². The van der Waals surface area contributed by atoms with E-state index >= 15 is 0 Å². The number of ether oxygens (including phenoxy) is 1. The van der Waals surface area contributed by atoms with Crippen molar-refractivity contribution < 1.29 is 14.6 Å². The molecule has 12 unspecified atom stereocenters. The molecule has 0 aromatic heterocycles. The Kier molecular flexibility index (Phi) is 8.28. The number of primary amides is 1. The molecule has 2 heterocycles. The number of morpholine rings is 1. The lowest BCUT2D eigenvalue weighted by molar-refractivity contribution is -0.226. The van der Waals surface area contributed by atoms with Crippen molar-refractivity contribution in [2.45, 2.75) is 155 Å². The summed E-state index contributed by atoms with van der Waals surface area (Å²) in [5.41, 5.74) is 9.26. The third kappa shape index (κ3) is 5.09. The minimum atomic E-state index is -0.654. The van der Waals surface area contributed by atoms with Crippen molar-refractivity contribution in [1.29, 1.82) is 0 Å². The molecule has 8 rings (SSSR count). The minimum absolute atomic E-state index is 0.00297. The number of carbonyl (C=O) groups is 1. The van der Waals surface area contributed by atoms with Crippen LogP contribution in [0.3, 0.4) is 0 Å². The highest BCUT2D eigenvalue weighted by molar-refractivity contribution is 5.77. The number of rotatable bonds is 7. The zero-order valence-electron chi connectivity index (χ0n) is 32.1. The molecule has 12 atom stereocenters. The maximum Gasteiger partial charge on any atom is 0.220 e. The number of allylic oxidation sites excluding steroid dienone is 4. The SMILES string of the molecule is CC(C)(O)C1CCC2(NCCN3CC4CC3CO4)CCC3(C)C(CCC4C5(C)CC=C(C6=CCC(C(N)=O)CC6)C(C)(C)C5CCC43C)C12. The van der Waals surface area contributed by atoms with Crippen LogP contribution in [0.15, 0.2) is 23.3 Å². The Bertz CT molecular complexity index is 1400. The van der Waals surface area contributed by atoms with E-state index in [2.05, 4.69) is 70.8 Å². The molecule has 1 amide bonds. The van der Waals surface area contributed by atoms with Gasteiger partial charge in [0.05, 0.1) is 18.3 Å². The summed E-state index contributed by atoms with van der Waals surface area (Å²) < 4.78 is 5.91. The zero-order valence-corrected chi connectivity index (χ0v) is 32.1. The minimum Gasteiger partial charge on any atom is -0.390 e. The number of hydrogen-bond donors (Lipinski definition) is 3. The van der Waals surface area contributed by atoms with Crippen LogP contribution in [0.4, 0.5) is 0 Å². The van der Waals surface area contributed by atoms with Gasteiger partial charge in [-0.1, -0.05) is 46.8 Å². The summed E-state index contributed by atoms with van der Waals surface area (Å²) in [6, 6.07) is 0.624. The number of amides is 1. The Morgan fingerprint density at radius 2 is 1.80 bits per heavy atom. The summed E-state index contributed by atoms with van der Waals surface area (Å²) in [6.07, 6.45) is 20.8. The van der Waals surface area contributed by atoms with Gasteiger partial charge in [0.15, 0.2) is 0 Å². The number of carbonyl (C=O) groups excluding carboxylic acids is 1. The van der Waals surface area contributed by atoms with Crippen molar-refractivity contribution in [1.82, 2.24) is 10.2 Å². The smallest absolute Gasteiger partial charge is 0.220 e. The average molecular weight is 676 g/mol. The van der Waals surface area contributed by atoms with E-state index in [0.29, 0.717) is 47.2 Å². The van der Waals surface area contributed by atoms with Crippen molar-refractivity contribution in [2.24, 2.45) is 62.9 Å². The quantitative estimate of drug-likeness (QED) is 0.262. The van der Waals surface area contributed by atoms with Gasteiger partial charge >= 0.3 is 0 Å². The van der Waals surface area contributed by atoms with Crippen LogP contribution < -0.4 is 11.1 Å². The Labute approximate surface area is 297 Å². The molecular formula is C43H69N3O3. The summed E-state index contributed by atoms with van der Waals surface area (Å²) in [5, 5.41) is 16.1. The van der Waals surface area contributed by atoms with E-state index in [1.807, 2.05) is 0 Å². The van der Waals surface area contributed by atoms with E-state index in [1.54, 1.807) is 5.57 Å². The second-order valence-corrected chi connectivity index (χ2v) is 20.6. The first kappa shape index (κ1) is 34.9.